The van der Waals surface area contributed by atoms with Crippen molar-refractivity contribution in [1.82, 2.24) is 10.6 Å². The topological polar surface area (TPSA) is 87.7 Å². The summed E-state index contributed by atoms with van der Waals surface area (Å²) in [5.74, 6) is -1.35. The molecular formula is C11H18N2O4. The van der Waals surface area contributed by atoms with Crippen LogP contribution in [0.5, 0.6) is 0 Å². The van der Waals surface area contributed by atoms with E-state index < -0.39 is 11.9 Å². The maximum atomic E-state index is 11.4. The number of carbonyl (C=O) groups excluding carboxylic acids is 1. The van der Waals surface area contributed by atoms with Gasteiger partial charge in [-0.3, -0.25) is 4.79 Å². The Hall–Kier alpha value is -1.56. The first-order valence-corrected chi connectivity index (χ1v) is 5.58. The fraction of sp³-hybridized carbons (Fsp3) is 0.636. The van der Waals surface area contributed by atoms with Crippen LogP contribution in [0.2, 0.25) is 0 Å². The van der Waals surface area contributed by atoms with Gasteiger partial charge in [0.05, 0.1) is 12.0 Å². The number of carbonyl (C=O) groups is 2. The van der Waals surface area contributed by atoms with E-state index in [1.165, 1.54) is 0 Å². The zero-order valence-electron chi connectivity index (χ0n) is 9.81. The fourth-order valence-electron chi connectivity index (χ4n) is 1.63. The minimum Gasteiger partial charge on any atom is -0.481 e. The highest BCUT2D eigenvalue weighted by Crippen LogP contribution is 2.17. The molecule has 6 heteroatoms. The maximum absolute atomic E-state index is 11.4. The van der Waals surface area contributed by atoms with Gasteiger partial charge in [-0.05, 0) is 12.8 Å². The number of ether oxygens (including phenoxy) is 1. The first-order chi connectivity index (χ1) is 8.13. The normalized spacial score (nSPS) is 22.4. The first-order valence-electron chi connectivity index (χ1n) is 5.58. The summed E-state index contributed by atoms with van der Waals surface area (Å²) in [6.07, 6.45) is 4.49. The highest BCUT2D eigenvalue weighted by molar-refractivity contribution is 5.76. The SMILES string of the molecule is COCCCNC(=O)NC1C=CC(C(=O)O)C1. The second-order valence-corrected chi connectivity index (χ2v) is 3.92. The minimum atomic E-state index is -0.856. The van der Waals surface area contributed by atoms with E-state index >= 15 is 0 Å². The molecule has 6 nitrogen and oxygen atoms in total. The molecule has 0 aromatic rings. The number of urea groups is 1. The smallest absolute Gasteiger partial charge is 0.315 e. The van der Waals surface area contributed by atoms with Crippen LogP contribution in [0.25, 0.3) is 0 Å². The Labute approximate surface area is 100 Å². The number of hydrogen-bond acceptors (Lipinski definition) is 3. The molecule has 2 amide bonds. The third-order valence-electron chi connectivity index (χ3n) is 2.53. The Morgan fingerprint density at radius 1 is 1.47 bits per heavy atom. The Bertz CT molecular complexity index is 304. The molecule has 0 radical (unpaired) electrons. The van der Waals surface area contributed by atoms with Crippen molar-refractivity contribution in [2.75, 3.05) is 20.3 Å². The summed E-state index contributed by atoms with van der Waals surface area (Å²) in [7, 11) is 1.61. The van der Waals surface area contributed by atoms with Gasteiger partial charge >= 0.3 is 12.0 Å². The van der Waals surface area contributed by atoms with Crippen LogP contribution in [0.4, 0.5) is 4.79 Å². The number of carboxylic acids is 1. The van der Waals surface area contributed by atoms with Gasteiger partial charge in [-0.15, -0.1) is 0 Å². The van der Waals surface area contributed by atoms with Gasteiger partial charge in [-0.1, -0.05) is 12.2 Å². The van der Waals surface area contributed by atoms with Crippen LogP contribution >= 0.6 is 0 Å². The summed E-state index contributed by atoms with van der Waals surface area (Å²) in [4.78, 5) is 22.1. The van der Waals surface area contributed by atoms with Gasteiger partial charge in [0, 0.05) is 20.3 Å². The number of carboxylic acid groups (broad SMARTS) is 1. The third-order valence-corrected chi connectivity index (χ3v) is 2.53. The van der Waals surface area contributed by atoms with Gasteiger partial charge < -0.3 is 20.5 Å². The average molecular weight is 242 g/mol. The highest BCUT2D eigenvalue weighted by atomic mass is 16.5. The van der Waals surface area contributed by atoms with Crippen LogP contribution in [0.15, 0.2) is 12.2 Å². The minimum absolute atomic E-state index is 0.196. The Kier molecular flexibility index (Phi) is 5.48. The second kappa shape index (κ2) is 6.90. The van der Waals surface area contributed by atoms with Crippen molar-refractivity contribution in [2.24, 2.45) is 5.92 Å². The van der Waals surface area contributed by atoms with E-state index in [1.54, 1.807) is 19.3 Å². The highest BCUT2D eigenvalue weighted by Gasteiger charge is 2.25. The molecule has 96 valence electrons. The van der Waals surface area contributed by atoms with Crippen molar-refractivity contribution in [3.8, 4) is 0 Å². The van der Waals surface area contributed by atoms with Crippen molar-refractivity contribution in [1.29, 1.82) is 0 Å². The van der Waals surface area contributed by atoms with E-state index in [-0.39, 0.29) is 12.1 Å². The van der Waals surface area contributed by atoms with Gasteiger partial charge in [0.2, 0.25) is 0 Å². The molecule has 2 atom stereocenters. The van der Waals surface area contributed by atoms with Gasteiger partial charge in [0.25, 0.3) is 0 Å². The predicted molar refractivity (Wildman–Crippen MR) is 61.7 cm³/mol. The lowest BCUT2D eigenvalue weighted by Crippen LogP contribution is -2.41. The van der Waals surface area contributed by atoms with Gasteiger partial charge in [0.1, 0.15) is 0 Å². The van der Waals surface area contributed by atoms with Crippen LogP contribution in [-0.4, -0.2) is 43.4 Å². The number of methoxy groups -OCH3 is 1. The molecule has 0 spiro atoms. The average Bonchev–Trinajstić information content (AvgIpc) is 2.73. The molecular weight excluding hydrogens is 224 g/mol. The largest absolute Gasteiger partial charge is 0.481 e. The van der Waals surface area contributed by atoms with Crippen molar-refractivity contribution in [2.45, 2.75) is 18.9 Å². The Balaban J connectivity index is 2.16. The van der Waals surface area contributed by atoms with Crippen LogP contribution in [-0.2, 0) is 9.53 Å². The fourth-order valence-corrected chi connectivity index (χ4v) is 1.63. The van der Waals surface area contributed by atoms with E-state index in [1.807, 2.05) is 0 Å². The molecule has 0 saturated carbocycles. The first kappa shape index (κ1) is 13.5. The summed E-state index contributed by atoms with van der Waals surface area (Å²) in [6.45, 7) is 1.14. The molecule has 0 aromatic carbocycles. The van der Waals surface area contributed by atoms with Crippen LogP contribution in [0.1, 0.15) is 12.8 Å². The summed E-state index contributed by atoms with van der Waals surface area (Å²) in [6, 6.07) is -0.472. The lowest BCUT2D eigenvalue weighted by atomic mass is 10.1. The number of amides is 2. The molecule has 0 aromatic heterocycles. The summed E-state index contributed by atoms with van der Waals surface area (Å²) < 4.78 is 4.85. The summed E-state index contributed by atoms with van der Waals surface area (Å²) >= 11 is 0. The molecule has 0 saturated heterocycles. The Morgan fingerprint density at radius 3 is 2.82 bits per heavy atom. The van der Waals surface area contributed by atoms with Crippen molar-refractivity contribution in [3.63, 3.8) is 0 Å². The van der Waals surface area contributed by atoms with Crippen LogP contribution in [0.3, 0.4) is 0 Å². The quantitative estimate of drug-likeness (QED) is 0.463. The van der Waals surface area contributed by atoms with E-state index in [0.29, 0.717) is 19.6 Å². The molecule has 1 rings (SSSR count). The van der Waals surface area contributed by atoms with Crippen LogP contribution < -0.4 is 10.6 Å². The van der Waals surface area contributed by atoms with Gasteiger partial charge in [0.15, 0.2) is 0 Å². The lowest BCUT2D eigenvalue weighted by molar-refractivity contribution is -0.140. The maximum Gasteiger partial charge on any atom is 0.315 e. The number of aliphatic carboxylic acids is 1. The zero-order chi connectivity index (χ0) is 12.7. The summed E-state index contributed by atoms with van der Waals surface area (Å²) in [5.41, 5.74) is 0. The van der Waals surface area contributed by atoms with E-state index in [0.717, 1.165) is 6.42 Å². The molecule has 3 N–H and O–H groups in total. The van der Waals surface area contributed by atoms with E-state index in [4.69, 9.17) is 9.84 Å². The predicted octanol–water partition coefficient (Wildman–Crippen LogP) is 0.351. The third kappa shape index (κ3) is 4.86. The second-order valence-electron chi connectivity index (χ2n) is 3.92. The standard InChI is InChI=1S/C11H18N2O4/c1-17-6-2-5-12-11(16)13-9-4-3-8(7-9)10(14)15/h3-4,8-9H,2,5-7H2,1H3,(H,14,15)(H2,12,13,16). The molecule has 17 heavy (non-hydrogen) atoms. The molecule has 0 fully saturated rings. The zero-order valence-corrected chi connectivity index (χ0v) is 9.81. The monoisotopic (exact) mass is 242 g/mol. The molecule has 0 aliphatic heterocycles. The van der Waals surface area contributed by atoms with Crippen molar-refractivity contribution in [3.05, 3.63) is 12.2 Å². The lowest BCUT2D eigenvalue weighted by Gasteiger charge is -2.12. The van der Waals surface area contributed by atoms with Crippen LogP contribution in [0, 0.1) is 5.92 Å². The van der Waals surface area contributed by atoms with E-state index in [9.17, 15) is 9.59 Å². The molecule has 1 aliphatic rings. The molecule has 0 bridgehead atoms. The summed E-state index contributed by atoms with van der Waals surface area (Å²) in [5, 5.41) is 14.1. The van der Waals surface area contributed by atoms with Crippen molar-refractivity contribution >= 4 is 12.0 Å². The molecule has 2 unspecified atom stereocenters. The van der Waals surface area contributed by atoms with Gasteiger partial charge in [-0.2, -0.15) is 0 Å². The van der Waals surface area contributed by atoms with Gasteiger partial charge in [-0.25, -0.2) is 4.79 Å². The number of hydrogen-bond donors (Lipinski definition) is 3. The number of rotatable bonds is 6. The Morgan fingerprint density at radius 2 is 2.24 bits per heavy atom. The molecule has 1 aliphatic carbocycles. The molecule has 0 heterocycles. The number of nitrogens with one attached hydrogen (secondary N) is 2. The van der Waals surface area contributed by atoms with Crippen molar-refractivity contribution < 1.29 is 19.4 Å². The van der Waals surface area contributed by atoms with E-state index in [2.05, 4.69) is 10.6 Å².